The minimum absolute atomic E-state index is 0.0280. The van der Waals surface area contributed by atoms with E-state index < -0.39 is 29.2 Å². The van der Waals surface area contributed by atoms with E-state index in [0.29, 0.717) is 11.8 Å². The van der Waals surface area contributed by atoms with Crippen LogP contribution < -0.4 is 10.2 Å². The van der Waals surface area contributed by atoms with Crippen LogP contribution in [0.2, 0.25) is 0 Å². The van der Waals surface area contributed by atoms with Crippen molar-refractivity contribution in [2.45, 2.75) is 26.1 Å². The Morgan fingerprint density at radius 1 is 1.41 bits per heavy atom. The molecule has 1 aromatic heterocycles. The number of benzene rings is 1. The van der Waals surface area contributed by atoms with E-state index in [1.165, 1.54) is 25.5 Å². The van der Waals surface area contributed by atoms with E-state index in [0.717, 1.165) is 11.0 Å². The summed E-state index contributed by atoms with van der Waals surface area (Å²) in [5.74, 6) is -3.87. The van der Waals surface area contributed by atoms with Crippen molar-refractivity contribution < 1.29 is 28.2 Å². The van der Waals surface area contributed by atoms with Gasteiger partial charge in [0, 0.05) is 11.6 Å². The summed E-state index contributed by atoms with van der Waals surface area (Å²) in [6.45, 7) is 2.51. The molecule has 1 aromatic carbocycles. The Bertz CT molecular complexity index is 1030. The molecule has 1 aliphatic heterocycles. The second-order valence-electron chi connectivity index (χ2n) is 6.30. The molecular weight excluding hydrogens is 454 g/mol. The van der Waals surface area contributed by atoms with Crippen LogP contribution >= 0.6 is 15.9 Å². The number of nitrogens with zero attached hydrogens (tertiary/aromatic N) is 3. The zero-order valence-electron chi connectivity index (χ0n) is 15.2. The number of carboxylic acids is 1. The minimum atomic E-state index is -1.94. The fourth-order valence-corrected chi connectivity index (χ4v) is 3.11. The number of aryl methyl sites for hydroxylation is 1. The van der Waals surface area contributed by atoms with Gasteiger partial charge in [0.1, 0.15) is 29.1 Å². The number of aromatic nitrogens is 2. The van der Waals surface area contributed by atoms with E-state index in [-0.39, 0.29) is 28.2 Å². The van der Waals surface area contributed by atoms with Crippen LogP contribution in [-0.4, -0.2) is 32.6 Å². The zero-order valence-corrected chi connectivity index (χ0v) is 16.8. The SMILES string of the molecule is Cc1ncncc1N1C(=O)C(Br)=C(OCc2ccc(F)cc2F)NC1(C)C(=O)O. The molecule has 2 aromatic rings. The third kappa shape index (κ3) is 3.77. The lowest BCUT2D eigenvalue weighted by molar-refractivity contribution is -0.146. The van der Waals surface area contributed by atoms with Crippen molar-refractivity contribution in [3.63, 3.8) is 0 Å². The molecule has 2 N–H and O–H groups in total. The number of rotatable bonds is 5. The third-order valence-corrected chi connectivity index (χ3v) is 5.02. The topological polar surface area (TPSA) is 105 Å². The van der Waals surface area contributed by atoms with Gasteiger partial charge < -0.3 is 15.2 Å². The summed E-state index contributed by atoms with van der Waals surface area (Å²) in [5, 5.41) is 12.5. The molecule has 0 bridgehead atoms. The summed E-state index contributed by atoms with van der Waals surface area (Å²) in [4.78, 5) is 33.9. The van der Waals surface area contributed by atoms with E-state index in [2.05, 4.69) is 31.2 Å². The van der Waals surface area contributed by atoms with Gasteiger partial charge in [-0.2, -0.15) is 0 Å². The molecule has 1 atom stereocenters. The largest absolute Gasteiger partial charge is 0.478 e. The highest BCUT2D eigenvalue weighted by Gasteiger charge is 2.50. The number of nitrogens with one attached hydrogen (secondary N) is 1. The molecule has 152 valence electrons. The number of hydrogen-bond donors (Lipinski definition) is 2. The fourth-order valence-electron chi connectivity index (χ4n) is 2.72. The molecule has 0 radical (unpaired) electrons. The molecule has 1 unspecified atom stereocenters. The highest BCUT2D eigenvalue weighted by molar-refractivity contribution is 9.12. The first-order valence-electron chi connectivity index (χ1n) is 8.24. The Kier molecular flexibility index (Phi) is 5.51. The highest BCUT2D eigenvalue weighted by Crippen LogP contribution is 2.34. The van der Waals surface area contributed by atoms with Crippen molar-refractivity contribution in [1.82, 2.24) is 15.3 Å². The number of carboxylic acid groups (broad SMARTS) is 1. The Hall–Kier alpha value is -3.08. The van der Waals surface area contributed by atoms with Gasteiger partial charge in [-0.15, -0.1) is 0 Å². The van der Waals surface area contributed by atoms with Crippen LogP contribution in [0.25, 0.3) is 0 Å². The van der Waals surface area contributed by atoms with E-state index in [1.807, 2.05) is 0 Å². The predicted octanol–water partition coefficient (Wildman–Crippen LogP) is 2.58. The maximum absolute atomic E-state index is 13.8. The van der Waals surface area contributed by atoms with Crippen molar-refractivity contribution in [2.75, 3.05) is 4.90 Å². The van der Waals surface area contributed by atoms with E-state index in [9.17, 15) is 23.5 Å². The van der Waals surface area contributed by atoms with E-state index >= 15 is 0 Å². The van der Waals surface area contributed by atoms with Gasteiger partial charge in [-0.25, -0.2) is 23.5 Å². The molecule has 1 aliphatic rings. The molecule has 11 heteroatoms. The quantitative estimate of drug-likeness (QED) is 0.694. The fraction of sp³-hybridized carbons (Fsp3) is 0.222. The Morgan fingerprint density at radius 2 is 2.14 bits per heavy atom. The lowest BCUT2D eigenvalue weighted by Crippen LogP contribution is -2.67. The molecule has 0 fully saturated rings. The second kappa shape index (κ2) is 7.74. The van der Waals surface area contributed by atoms with Gasteiger partial charge >= 0.3 is 5.97 Å². The lowest BCUT2D eigenvalue weighted by Gasteiger charge is -2.42. The normalized spacial score (nSPS) is 19.2. The number of ether oxygens (including phenoxy) is 1. The number of carbonyl (C=O) groups is 2. The van der Waals surface area contributed by atoms with Gasteiger partial charge in [0.05, 0.1) is 17.6 Å². The molecule has 3 rings (SSSR count). The van der Waals surface area contributed by atoms with Gasteiger partial charge in [-0.1, -0.05) is 0 Å². The maximum Gasteiger partial charge on any atom is 0.350 e. The van der Waals surface area contributed by atoms with Crippen molar-refractivity contribution in [3.8, 4) is 0 Å². The summed E-state index contributed by atoms with van der Waals surface area (Å²) in [5.41, 5.74) is -1.34. The molecule has 1 amide bonds. The van der Waals surface area contributed by atoms with Gasteiger partial charge in [0.25, 0.3) is 5.91 Å². The summed E-state index contributed by atoms with van der Waals surface area (Å²) in [7, 11) is 0. The van der Waals surface area contributed by atoms with Gasteiger partial charge in [0.2, 0.25) is 11.5 Å². The lowest BCUT2D eigenvalue weighted by atomic mass is 10.1. The number of aliphatic carboxylic acids is 1. The van der Waals surface area contributed by atoms with Crippen molar-refractivity contribution >= 4 is 33.5 Å². The predicted molar refractivity (Wildman–Crippen MR) is 101 cm³/mol. The van der Waals surface area contributed by atoms with Crippen LogP contribution in [-0.2, 0) is 20.9 Å². The molecule has 0 saturated heterocycles. The smallest absolute Gasteiger partial charge is 0.350 e. The van der Waals surface area contributed by atoms with Gasteiger partial charge in [0.15, 0.2) is 0 Å². The Labute approximate surface area is 172 Å². The monoisotopic (exact) mass is 468 g/mol. The highest BCUT2D eigenvalue weighted by atomic mass is 79.9. The molecule has 2 heterocycles. The summed E-state index contributed by atoms with van der Waals surface area (Å²) < 4.78 is 32.2. The number of hydrogen-bond acceptors (Lipinski definition) is 6. The molecular formula is C18H15BrF2N4O4. The van der Waals surface area contributed by atoms with Crippen LogP contribution in [0.15, 0.2) is 41.1 Å². The van der Waals surface area contributed by atoms with Crippen molar-refractivity contribution in [2.24, 2.45) is 0 Å². The average Bonchev–Trinajstić information content (AvgIpc) is 2.66. The third-order valence-electron chi connectivity index (χ3n) is 4.32. The van der Waals surface area contributed by atoms with Crippen LogP contribution in [0.1, 0.15) is 18.2 Å². The first-order valence-corrected chi connectivity index (χ1v) is 9.03. The van der Waals surface area contributed by atoms with Gasteiger partial charge in [-0.05, 0) is 41.9 Å². The molecule has 0 spiro atoms. The summed E-state index contributed by atoms with van der Waals surface area (Å²) in [6.07, 6.45) is 2.60. The van der Waals surface area contributed by atoms with Crippen molar-refractivity contribution in [1.29, 1.82) is 0 Å². The van der Waals surface area contributed by atoms with E-state index in [1.54, 1.807) is 6.92 Å². The second-order valence-corrected chi connectivity index (χ2v) is 7.10. The summed E-state index contributed by atoms with van der Waals surface area (Å²) in [6, 6.07) is 2.95. The van der Waals surface area contributed by atoms with Gasteiger partial charge in [-0.3, -0.25) is 9.69 Å². The molecule has 8 nitrogen and oxygen atoms in total. The maximum atomic E-state index is 13.8. The number of halogens is 3. The van der Waals surface area contributed by atoms with Crippen LogP contribution in [0.4, 0.5) is 14.5 Å². The van der Waals surface area contributed by atoms with Crippen LogP contribution in [0, 0.1) is 18.6 Å². The molecule has 0 saturated carbocycles. The molecule has 0 aliphatic carbocycles. The molecule has 29 heavy (non-hydrogen) atoms. The first-order chi connectivity index (χ1) is 13.6. The Morgan fingerprint density at radius 3 is 2.76 bits per heavy atom. The Balaban J connectivity index is 1.97. The minimum Gasteiger partial charge on any atom is -0.478 e. The number of amides is 1. The van der Waals surface area contributed by atoms with E-state index in [4.69, 9.17) is 4.74 Å². The van der Waals surface area contributed by atoms with Crippen LogP contribution in [0.3, 0.4) is 0 Å². The number of anilines is 1. The summed E-state index contributed by atoms with van der Waals surface area (Å²) >= 11 is 3.10. The van der Waals surface area contributed by atoms with Crippen molar-refractivity contribution in [3.05, 3.63) is 64.0 Å². The standard InChI is InChI=1S/C18H15BrF2N4O4/c1-9-13(6-22-8-23-9)25-16(26)14(19)15(24-18(25,2)17(27)28)29-7-10-3-4-11(20)5-12(10)21/h3-6,8,24H,7H2,1-2H3,(H,27,28). The zero-order chi connectivity index (χ0) is 21.3. The number of carbonyl (C=O) groups excluding carboxylic acids is 1. The van der Waals surface area contributed by atoms with Crippen LogP contribution in [0.5, 0.6) is 0 Å². The first kappa shape index (κ1) is 20.6. The average molecular weight is 469 g/mol.